The predicted octanol–water partition coefficient (Wildman–Crippen LogP) is 1.91. The molecule has 0 atom stereocenters. The van der Waals surface area contributed by atoms with E-state index in [1.165, 1.54) is 0 Å². The highest BCUT2D eigenvalue weighted by Gasteiger charge is 2.09. The van der Waals surface area contributed by atoms with E-state index in [4.69, 9.17) is 0 Å². The van der Waals surface area contributed by atoms with Gasteiger partial charge in [-0.1, -0.05) is 26.0 Å². The molecule has 0 saturated heterocycles. The second-order valence-electron chi connectivity index (χ2n) is 3.81. The standard InChI is InChI=1S/C12H17N2O/c1-9(2)8-14-12(15)10-6-4-5-7-11(10)13-3/h4-5,7,9,13H,8H2,1-3H3,(H,14,15). The summed E-state index contributed by atoms with van der Waals surface area (Å²) in [5, 5.41) is 5.83. The molecule has 0 spiro atoms. The topological polar surface area (TPSA) is 41.1 Å². The van der Waals surface area contributed by atoms with Gasteiger partial charge in [-0.15, -0.1) is 0 Å². The van der Waals surface area contributed by atoms with Crippen LogP contribution in [0.2, 0.25) is 0 Å². The summed E-state index contributed by atoms with van der Waals surface area (Å²) >= 11 is 0. The average molecular weight is 205 g/mol. The summed E-state index contributed by atoms with van der Waals surface area (Å²) in [7, 11) is 1.79. The quantitative estimate of drug-likeness (QED) is 0.788. The van der Waals surface area contributed by atoms with Gasteiger partial charge in [-0.25, -0.2) is 0 Å². The van der Waals surface area contributed by atoms with Crippen LogP contribution in [0.1, 0.15) is 24.2 Å². The molecule has 3 heteroatoms. The van der Waals surface area contributed by atoms with Crippen LogP contribution in [0.3, 0.4) is 0 Å². The molecule has 1 aromatic carbocycles. The Labute approximate surface area is 90.9 Å². The van der Waals surface area contributed by atoms with Gasteiger partial charge in [0.15, 0.2) is 0 Å². The molecule has 1 aromatic rings. The molecule has 0 saturated carbocycles. The van der Waals surface area contributed by atoms with Crippen LogP contribution < -0.4 is 10.6 Å². The Morgan fingerprint density at radius 2 is 2.27 bits per heavy atom. The van der Waals surface area contributed by atoms with Gasteiger partial charge in [0.25, 0.3) is 5.91 Å². The minimum atomic E-state index is -0.0753. The fourth-order valence-electron chi connectivity index (χ4n) is 1.22. The van der Waals surface area contributed by atoms with Crippen LogP contribution in [0.5, 0.6) is 0 Å². The smallest absolute Gasteiger partial charge is 0.254 e. The van der Waals surface area contributed by atoms with Crippen LogP contribution in [0, 0.1) is 12.0 Å². The number of carbonyl (C=O) groups is 1. The summed E-state index contributed by atoms with van der Waals surface area (Å²) in [6.45, 7) is 4.81. The van der Waals surface area contributed by atoms with Gasteiger partial charge in [0, 0.05) is 19.3 Å². The molecule has 0 aliphatic rings. The Morgan fingerprint density at radius 1 is 1.53 bits per heavy atom. The molecule has 0 aromatic heterocycles. The van der Waals surface area contributed by atoms with Crippen molar-refractivity contribution < 1.29 is 4.79 Å². The zero-order chi connectivity index (χ0) is 11.3. The van der Waals surface area contributed by atoms with Crippen LogP contribution >= 0.6 is 0 Å². The van der Waals surface area contributed by atoms with E-state index >= 15 is 0 Å². The SMILES string of the molecule is CNc1ccc[c]c1C(=O)NCC(C)C. The zero-order valence-corrected chi connectivity index (χ0v) is 9.42. The molecule has 0 bridgehead atoms. The minimum absolute atomic E-state index is 0.0753. The maximum absolute atomic E-state index is 11.7. The lowest BCUT2D eigenvalue weighted by Crippen LogP contribution is -2.27. The lowest BCUT2D eigenvalue weighted by atomic mass is 10.1. The third-order valence-electron chi connectivity index (χ3n) is 2.02. The maximum atomic E-state index is 11.7. The van der Waals surface area contributed by atoms with Crippen molar-refractivity contribution in [3.63, 3.8) is 0 Å². The molecule has 2 N–H and O–H groups in total. The Morgan fingerprint density at radius 3 is 2.87 bits per heavy atom. The van der Waals surface area contributed by atoms with E-state index < -0.39 is 0 Å². The molecule has 0 aliphatic heterocycles. The molecule has 0 unspecified atom stereocenters. The van der Waals surface area contributed by atoms with Crippen molar-refractivity contribution in [3.05, 3.63) is 29.8 Å². The Hall–Kier alpha value is -1.51. The number of hydrogen-bond donors (Lipinski definition) is 2. The molecule has 81 valence electrons. The molecular weight excluding hydrogens is 188 g/mol. The normalized spacial score (nSPS) is 10.1. The molecule has 3 nitrogen and oxygen atoms in total. The van der Waals surface area contributed by atoms with Gasteiger partial charge in [0.1, 0.15) is 0 Å². The van der Waals surface area contributed by atoms with Gasteiger partial charge in [-0.2, -0.15) is 0 Å². The fraction of sp³-hybridized carbons (Fsp3) is 0.417. The summed E-state index contributed by atoms with van der Waals surface area (Å²) < 4.78 is 0. The molecule has 1 radical (unpaired) electrons. The number of nitrogens with one attached hydrogen (secondary N) is 2. The van der Waals surface area contributed by atoms with Crippen molar-refractivity contribution in [1.82, 2.24) is 5.32 Å². The van der Waals surface area contributed by atoms with Crippen LogP contribution in [0.15, 0.2) is 18.2 Å². The molecule has 1 rings (SSSR count). The number of benzene rings is 1. The second-order valence-corrected chi connectivity index (χ2v) is 3.81. The Balaban J connectivity index is 2.72. The highest BCUT2D eigenvalue weighted by molar-refractivity contribution is 5.99. The first kappa shape index (κ1) is 11.6. The third kappa shape index (κ3) is 3.27. The van der Waals surface area contributed by atoms with E-state index in [-0.39, 0.29) is 5.91 Å². The first-order chi connectivity index (χ1) is 7.15. The Kier molecular flexibility index (Phi) is 4.16. The lowest BCUT2D eigenvalue weighted by Gasteiger charge is -2.10. The highest BCUT2D eigenvalue weighted by atomic mass is 16.1. The summed E-state index contributed by atoms with van der Waals surface area (Å²) in [6, 6.07) is 8.39. The van der Waals surface area contributed by atoms with E-state index in [0.717, 1.165) is 5.69 Å². The van der Waals surface area contributed by atoms with E-state index in [2.05, 4.69) is 30.5 Å². The van der Waals surface area contributed by atoms with Crippen LogP contribution in [-0.4, -0.2) is 19.5 Å². The fourth-order valence-corrected chi connectivity index (χ4v) is 1.22. The van der Waals surface area contributed by atoms with Crippen molar-refractivity contribution in [3.8, 4) is 0 Å². The number of amides is 1. The van der Waals surface area contributed by atoms with Gasteiger partial charge >= 0.3 is 0 Å². The van der Waals surface area contributed by atoms with E-state index in [1.807, 2.05) is 12.1 Å². The molecular formula is C12H17N2O. The minimum Gasteiger partial charge on any atom is -0.387 e. The number of carbonyl (C=O) groups excluding carboxylic acids is 1. The third-order valence-corrected chi connectivity index (χ3v) is 2.02. The lowest BCUT2D eigenvalue weighted by molar-refractivity contribution is 0.0949. The largest absolute Gasteiger partial charge is 0.387 e. The van der Waals surface area contributed by atoms with Gasteiger partial charge in [-0.05, 0) is 18.1 Å². The molecule has 0 heterocycles. The monoisotopic (exact) mass is 205 g/mol. The first-order valence-corrected chi connectivity index (χ1v) is 5.11. The summed E-state index contributed by atoms with van der Waals surface area (Å²) in [5.41, 5.74) is 1.37. The van der Waals surface area contributed by atoms with E-state index in [0.29, 0.717) is 18.0 Å². The highest BCUT2D eigenvalue weighted by Crippen LogP contribution is 2.12. The maximum Gasteiger partial charge on any atom is 0.254 e. The van der Waals surface area contributed by atoms with Gasteiger partial charge in [-0.3, -0.25) is 4.79 Å². The number of anilines is 1. The average Bonchev–Trinajstić information content (AvgIpc) is 2.25. The van der Waals surface area contributed by atoms with Crippen molar-refractivity contribution in [1.29, 1.82) is 0 Å². The van der Waals surface area contributed by atoms with Crippen molar-refractivity contribution >= 4 is 11.6 Å². The van der Waals surface area contributed by atoms with Gasteiger partial charge in [0.2, 0.25) is 0 Å². The molecule has 0 aliphatic carbocycles. The molecule has 0 fully saturated rings. The zero-order valence-electron chi connectivity index (χ0n) is 9.42. The van der Waals surface area contributed by atoms with Crippen LogP contribution in [-0.2, 0) is 0 Å². The Bertz CT molecular complexity index is 334. The number of hydrogen-bond acceptors (Lipinski definition) is 2. The second kappa shape index (κ2) is 5.39. The summed E-state index contributed by atoms with van der Waals surface area (Å²) in [6.07, 6.45) is 0. The first-order valence-electron chi connectivity index (χ1n) is 5.11. The number of rotatable bonds is 4. The molecule has 1 amide bonds. The van der Waals surface area contributed by atoms with Crippen molar-refractivity contribution in [2.75, 3.05) is 18.9 Å². The van der Waals surface area contributed by atoms with Crippen molar-refractivity contribution in [2.45, 2.75) is 13.8 Å². The summed E-state index contributed by atoms with van der Waals surface area (Å²) in [4.78, 5) is 11.7. The summed E-state index contributed by atoms with van der Waals surface area (Å²) in [5.74, 6) is 0.379. The van der Waals surface area contributed by atoms with Crippen LogP contribution in [0.4, 0.5) is 5.69 Å². The van der Waals surface area contributed by atoms with E-state index in [9.17, 15) is 4.79 Å². The molecule has 15 heavy (non-hydrogen) atoms. The van der Waals surface area contributed by atoms with Crippen molar-refractivity contribution in [2.24, 2.45) is 5.92 Å². The predicted molar refractivity (Wildman–Crippen MR) is 62.0 cm³/mol. The van der Waals surface area contributed by atoms with E-state index in [1.54, 1.807) is 13.1 Å². The van der Waals surface area contributed by atoms with Gasteiger partial charge < -0.3 is 10.6 Å². The van der Waals surface area contributed by atoms with Crippen LogP contribution in [0.25, 0.3) is 0 Å². The van der Waals surface area contributed by atoms with Gasteiger partial charge in [0.05, 0.1) is 5.56 Å².